The molecule has 3 heteroatoms. The van der Waals surface area contributed by atoms with Crippen LogP contribution in [-0.2, 0) is 0 Å². The number of halogens is 1. The predicted molar refractivity (Wildman–Crippen MR) is 44.0 cm³/mol. The summed E-state index contributed by atoms with van der Waals surface area (Å²) in [6, 6.07) is 3.02. The molecule has 0 aliphatic rings. The first-order valence-electron chi connectivity index (χ1n) is 3.40. The molecule has 1 aromatic heterocycles. The Morgan fingerprint density at radius 3 is 3.08 bits per heavy atom. The monoisotopic (exact) mass is 160 g/mol. The molecule has 2 aromatic rings. The van der Waals surface area contributed by atoms with Gasteiger partial charge in [0.15, 0.2) is 0 Å². The van der Waals surface area contributed by atoms with Crippen LogP contribution in [-0.4, -0.2) is 10.2 Å². The minimum Gasteiger partial charge on any atom is -0.275 e. The highest BCUT2D eigenvalue weighted by Crippen LogP contribution is 2.16. The van der Waals surface area contributed by atoms with Crippen LogP contribution in [0.15, 0.2) is 18.3 Å². The summed E-state index contributed by atoms with van der Waals surface area (Å²) >= 11 is 0. The van der Waals surface area contributed by atoms with Gasteiger partial charge in [0.2, 0.25) is 0 Å². The molecule has 0 atom stereocenters. The van der Waals surface area contributed by atoms with Gasteiger partial charge in [0.05, 0.1) is 6.20 Å². The van der Waals surface area contributed by atoms with Gasteiger partial charge in [0, 0.05) is 10.9 Å². The first-order valence-corrected chi connectivity index (χ1v) is 3.40. The van der Waals surface area contributed by atoms with E-state index in [1.165, 1.54) is 6.07 Å². The normalized spacial score (nSPS) is 10.0. The van der Waals surface area contributed by atoms with E-state index < -0.39 is 0 Å². The summed E-state index contributed by atoms with van der Waals surface area (Å²) in [7, 11) is 0. The second-order valence-corrected chi connectivity index (χ2v) is 2.44. The minimum absolute atomic E-state index is 0.363. The molecule has 0 radical (unpaired) electrons. The molecule has 1 heterocycles. The van der Waals surface area contributed by atoms with Crippen molar-refractivity contribution in [2.75, 3.05) is 0 Å². The third-order valence-corrected chi connectivity index (χ3v) is 1.67. The van der Waals surface area contributed by atoms with Gasteiger partial charge in [0.1, 0.15) is 11.3 Å². The van der Waals surface area contributed by atoms with E-state index in [-0.39, 0.29) is 5.82 Å². The van der Waals surface area contributed by atoms with Crippen LogP contribution in [0.4, 0.5) is 4.39 Å². The van der Waals surface area contributed by atoms with Gasteiger partial charge in [-0.05, 0) is 12.1 Å². The van der Waals surface area contributed by atoms with E-state index in [1.807, 2.05) is 0 Å². The highest BCUT2D eigenvalue weighted by Gasteiger charge is 2.03. The molecule has 0 aliphatic heterocycles. The van der Waals surface area contributed by atoms with Crippen molar-refractivity contribution in [3.05, 3.63) is 29.7 Å². The quantitative estimate of drug-likeness (QED) is 0.583. The van der Waals surface area contributed by atoms with Crippen LogP contribution in [0.3, 0.4) is 0 Å². The lowest BCUT2D eigenvalue weighted by Crippen LogP contribution is -1.81. The fourth-order valence-electron chi connectivity index (χ4n) is 1.10. The van der Waals surface area contributed by atoms with Gasteiger partial charge < -0.3 is 0 Å². The maximum atomic E-state index is 13.1. The number of nitrogens with zero attached hydrogens (tertiary/aromatic N) is 1. The summed E-state index contributed by atoms with van der Waals surface area (Å²) < 4.78 is 13.1. The molecule has 0 spiro atoms. The highest BCUT2D eigenvalue weighted by molar-refractivity contribution is 5.80. The average Bonchev–Trinajstić information content (AvgIpc) is 2.52. The maximum Gasteiger partial charge on any atom is 0.150 e. The van der Waals surface area contributed by atoms with Crippen molar-refractivity contribution in [3.63, 3.8) is 0 Å². The van der Waals surface area contributed by atoms with E-state index in [9.17, 15) is 4.39 Å². The zero-order valence-corrected chi connectivity index (χ0v) is 6.13. The fourth-order valence-corrected chi connectivity index (χ4v) is 1.10. The molecule has 0 amide bonds. The third-order valence-electron chi connectivity index (χ3n) is 1.67. The highest BCUT2D eigenvalue weighted by atomic mass is 19.1. The Balaban J connectivity index is 2.86. The van der Waals surface area contributed by atoms with Gasteiger partial charge in [-0.15, -0.1) is 6.42 Å². The number of rotatable bonds is 0. The average molecular weight is 160 g/mol. The largest absolute Gasteiger partial charge is 0.275 e. The van der Waals surface area contributed by atoms with Gasteiger partial charge in [-0.3, -0.25) is 5.10 Å². The number of benzene rings is 1. The first kappa shape index (κ1) is 6.86. The van der Waals surface area contributed by atoms with Gasteiger partial charge in [-0.2, -0.15) is 5.10 Å². The zero-order valence-electron chi connectivity index (χ0n) is 6.13. The molecule has 2 nitrogen and oxygen atoms in total. The van der Waals surface area contributed by atoms with Crippen molar-refractivity contribution in [2.45, 2.75) is 0 Å². The number of aromatic amines is 1. The molecule has 0 fully saturated rings. The van der Waals surface area contributed by atoms with Crippen molar-refractivity contribution in [2.24, 2.45) is 0 Å². The Morgan fingerprint density at radius 1 is 1.50 bits per heavy atom. The van der Waals surface area contributed by atoms with Gasteiger partial charge >= 0.3 is 0 Å². The van der Waals surface area contributed by atoms with Crippen LogP contribution in [0, 0.1) is 18.2 Å². The van der Waals surface area contributed by atoms with Crippen molar-refractivity contribution in [1.29, 1.82) is 0 Å². The molecule has 0 saturated carbocycles. The van der Waals surface area contributed by atoms with E-state index in [1.54, 1.807) is 12.3 Å². The van der Waals surface area contributed by atoms with Crippen LogP contribution in [0.1, 0.15) is 5.56 Å². The lowest BCUT2D eigenvalue weighted by atomic mass is 10.1. The van der Waals surface area contributed by atoms with Gasteiger partial charge in [-0.25, -0.2) is 4.39 Å². The van der Waals surface area contributed by atoms with Crippen LogP contribution >= 0.6 is 0 Å². The zero-order chi connectivity index (χ0) is 8.55. The number of terminal acetylenes is 1. The Hall–Kier alpha value is -1.82. The van der Waals surface area contributed by atoms with Crippen LogP contribution < -0.4 is 0 Å². The molecule has 1 N–H and O–H groups in total. The van der Waals surface area contributed by atoms with E-state index >= 15 is 0 Å². The van der Waals surface area contributed by atoms with E-state index in [0.717, 1.165) is 0 Å². The molecule has 0 saturated heterocycles. The Morgan fingerprint density at radius 2 is 2.33 bits per heavy atom. The molecule has 1 aromatic carbocycles. The SMILES string of the molecule is C#Cc1cc(F)c2[nH]ncc2c1. The number of nitrogens with one attached hydrogen (secondary N) is 1. The van der Waals surface area contributed by atoms with Crippen molar-refractivity contribution in [3.8, 4) is 12.3 Å². The van der Waals surface area contributed by atoms with Gasteiger partial charge in [0.25, 0.3) is 0 Å². The number of hydrogen-bond acceptors (Lipinski definition) is 1. The summed E-state index contributed by atoms with van der Waals surface area (Å²) in [4.78, 5) is 0. The predicted octanol–water partition coefficient (Wildman–Crippen LogP) is 1.68. The Labute approximate surface area is 68.4 Å². The second kappa shape index (κ2) is 2.35. The summed E-state index contributed by atoms with van der Waals surface area (Å²) in [6.45, 7) is 0. The number of fused-ring (bicyclic) bond motifs is 1. The summed E-state index contributed by atoms with van der Waals surface area (Å²) in [5, 5.41) is 6.95. The van der Waals surface area contributed by atoms with Gasteiger partial charge in [-0.1, -0.05) is 5.92 Å². The van der Waals surface area contributed by atoms with E-state index in [4.69, 9.17) is 6.42 Å². The second-order valence-electron chi connectivity index (χ2n) is 2.44. The van der Waals surface area contributed by atoms with Crippen molar-refractivity contribution >= 4 is 10.9 Å². The summed E-state index contributed by atoms with van der Waals surface area (Å²) in [5.41, 5.74) is 0.926. The Bertz CT molecular complexity index is 465. The van der Waals surface area contributed by atoms with Crippen molar-refractivity contribution < 1.29 is 4.39 Å². The fraction of sp³-hybridized carbons (Fsp3) is 0. The smallest absolute Gasteiger partial charge is 0.150 e. The van der Waals surface area contributed by atoms with Crippen molar-refractivity contribution in [1.82, 2.24) is 10.2 Å². The number of hydrogen-bond donors (Lipinski definition) is 1. The number of aromatic nitrogens is 2. The molecule has 0 unspecified atom stereocenters. The standard InChI is InChI=1S/C9H5FN2/c1-2-6-3-7-5-11-12-9(7)8(10)4-6/h1,3-5H,(H,11,12). The molecule has 2 rings (SSSR count). The molecule has 0 bridgehead atoms. The minimum atomic E-state index is -0.363. The summed E-state index contributed by atoms with van der Waals surface area (Å²) in [5.74, 6) is 2.01. The summed E-state index contributed by atoms with van der Waals surface area (Å²) in [6.07, 6.45) is 6.67. The van der Waals surface area contributed by atoms with Crippen LogP contribution in [0.5, 0.6) is 0 Å². The topological polar surface area (TPSA) is 28.7 Å². The molecular weight excluding hydrogens is 155 g/mol. The van der Waals surface area contributed by atoms with Crippen LogP contribution in [0.25, 0.3) is 10.9 Å². The third kappa shape index (κ3) is 0.857. The molecule has 58 valence electrons. The molecule has 0 aliphatic carbocycles. The lowest BCUT2D eigenvalue weighted by molar-refractivity contribution is 0.636. The van der Waals surface area contributed by atoms with E-state index in [0.29, 0.717) is 16.5 Å². The lowest BCUT2D eigenvalue weighted by Gasteiger charge is -1.92. The van der Waals surface area contributed by atoms with E-state index in [2.05, 4.69) is 16.1 Å². The first-order chi connectivity index (χ1) is 5.81. The number of H-pyrrole nitrogens is 1. The maximum absolute atomic E-state index is 13.1. The molecular formula is C9H5FN2. The van der Waals surface area contributed by atoms with Crippen LogP contribution in [0.2, 0.25) is 0 Å². The Kier molecular flexibility index (Phi) is 1.34. The molecule has 12 heavy (non-hydrogen) atoms.